The summed E-state index contributed by atoms with van der Waals surface area (Å²) >= 11 is 3.45. The molecule has 1 heterocycles. The number of fused-ring (bicyclic) bond motifs is 1. The van der Waals surface area contributed by atoms with Gasteiger partial charge in [-0.1, -0.05) is 22.0 Å². The zero-order valence-corrected chi connectivity index (χ0v) is 12.5. The maximum Gasteiger partial charge on any atom is 0.313 e. The molecule has 0 aliphatic carbocycles. The number of rotatable bonds is 2. The Hall–Kier alpha value is -1.29. The van der Waals surface area contributed by atoms with E-state index in [0.717, 1.165) is 26.6 Å². The zero-order valence-electron chi connectivity index (χ0n) is 10.9. The number of aryl methyl sites for hydroxylation is 1. The quantitative estimate of drug-likeness (QED) is 0.920. The van der Waals surface area contributed by atoms with E-state index in [-0.39, 0.29) is 0 Å². The lowest BCUT2D eigenvalue weighted by Crippen LogP contribution is -2.29. The van der Waals surface area contributed by atoms with Crippen LogP contribution in [0.5, 0.6) is 0 Å². The van der Waals surface area contributed by atoms with Crippen molar-refractivity contribution < 1.29 is 9.90 Å². The monoisotopic (exact) mass is 309 g/mol. The number of hydrogen-bond donors (Lipinski definition) is 1. The number of carbonyl (C=O) groups is 1. The van der Waals surface area contributed by atoms with E-state index in [1.54, 1.807) is 13.8 Å². The number of halogens is 1. The van der Waals surface area contributed by atoms with Gasteiger partial charge in [-0.15, -0.1) is 0 Å². The van der Waals surface area contributed by atoms with Crippen LogP contribution in [0.3, 0.4) is 0 Å². The molecule has 96 valence electrons. The van der Waals surface area contributed by atoms with Crippen molar-refractivity contribution in [2.45, 2.75) is 26.2 Å². The van der Waals surface area contributed by atoms with E-state index < -0.39 is 11.4 Å². The lowest BCUT2D eigenvalue weighted by molar-refractivity contribution is -0.142. The standard InChI is InChI=1S/C14H16BrNO2/c1-8-12(14(2,3)13(17)18)10-6-5-9(15)7-11(10)16(8)4/h5-7H,1-4H3,(H,17,18). The molecule has 2 rings (SSSR count). The van der Waals surface area contributed by atoms with Gasteiger partial charge >= 0.3 is 5.97 Å². The molecule has 4 heteroatoms. The van der Waals surface area contributed by atoms with Gasteiger partial charge in [0.1, 0.15) is 0 Å². The number of hydrogen-bond acceptors (Lipinski definition) is 1. The van der Waals surface area contributed by atoms with Crippen LogP contribution in [0, 0.1) is 6.92 Å². The summed E-state index contributed by atoms with van der Waals surface area (Å²) < 4.78 is 3.04. The van der Waals surface area contributed by atoms with Gasteiger partial charge in [-0.25, -0.2) is 0 Å². The second-order valence-electron chi connectivity index (χ2n) is 5.11. The molecular weight excluding hydrogens is 294 g/mol. The molecule has 3 nitrogen and oxygen atoms in total. The average Bonchev–Trinajstić information content (AvgIpc) is 2.52. The van der Waals surface area contributed by atoms with Gasteiger partial charge in [-0.05, 0) is 38.5 Å². The van der Waals surface area contributed by atoms with Crippen molar-refractivity contribution in [3.63, 3.8) is 0 Å². The summed E-state index contributed by atoms with van der Waals surface area (Å²) in [5.74, 6) is -0.805. The molecule has 0 atom stereocenters. The van der Waals surface area contributed by atoms with Gasteiger partial charge in [0.2, 0.25) is 0 Å². The Morgan fingerprint density at radius 2 is 2.00 bits per heavy atom. The van der Waals surface area contributed by atoms with E-state index in [1.165, 1.54) is 0 Å². The number of aromatic nitrogens is 1. The van der Waals surface area contributed by atoms with E-state index in [1.807, 2.05) is 36.7 Å². The van der Waals surface area contributed by atoms with Crippen molar-refractivity contribution in [1.29, 1.82) is 0 Å². The number of nitrogens with zero attached hydrogens (tertiary/aromatic N) is 1. The van der Waals surface area contributed by atoms with Crippen LogP contribution in [0.25, 0.3) is 10.9 Å². The molecule has 0 saturated carbocycles. The van der Waals surface area contributed by atoms with Crippen molar-refractivity contribution in [3.05, 3.63) is 33.9 Å². The first kappa shape index (κ1) is 13.1. The fraction of sp³-hybridized carbons (Fsp3) is 0.357. The predicted molar refractivity (Wildman–Crippen MR) is 76.0 cm³/mol. The molecule has 0 amide bonds. The lowest BCUT2D eigenvalue weighted by Gasteiger charge is -2.20. The third-order valence-electron chi connectivity index (χ3n) is 3.62. The van der Waals surface area contributed by atoms with Crippen molar-refractivity contribution in [3.8, 4) is 0 Å². The van der Waals surface area contributed by atoms with Crippen LogP contribution >= 0.6 is 15.9 Å². The van der Waals surface area contributed by atoms with Gasteiger partial charge < -0.3 is 9.67 Å². The first-order valence-electron chi connectivity index (χ1n) is 5.75. The molecule has 0 aliphatic rings. The Morgan fingerprint density at radius 3 is 2.56 bits per heavy atom. The maximum atomic E-state index is 11.5. The van der Waals surface area contributed by atoms with Gasteiger partial charge in [-0.2, -0.15) is 0 Å². The molecule has 0 bridgehead atoms. The van der Waals surface area contributed by atoms with Crippen LogP contribution in [-0.2, 0) is 17.3 Å². The second kappa shape index (κ2) is 4.12. The second-order valence-corrected chi connectivity index (χ2v) is 6.03. The fourth-order valence-corrected chi connectivity index (χ4v) is 2.78. The average molecular weight is 310 g/mol. The number of benzene rings is 1. The normalized spacial score (nSPS) is 12.1. The fourth-order valence-electron chi connectivity index (χ4n) is 2.43. The molecular formula is C14H16BrNO2. The molecule has 0 unspecified atom stereocenters. The highest BCUT2D eigenvalue weighted by atomic mass is 79.9. The maximum absolute atomic E-state index is 11.5. The van der Waals surface area contributed by atoms with E-state index in [4.69, 9.17) is 0 Å². The molecule has 18 heavy (non-hydrogen) atoms. The summed E-state index contributed by atoms with van der Waals surface area (Å²) in [6, 6.07) is 5.94. The number of aliphatic carboxylic acids is 1. The van der Waals surface area contributed by atoms with Crippen LogP contribution in [-0.4, -0.2) is 15.6 Å². The zero-order chi connectivity index (χ0) is 13.7. The molecule has 2 aromatic rings. The summed E-state index contributed by atoms with van der Waals surface area (Å²) in [5, 5.41) is 10.4. The largest absolute Gasteiger partial charge is 0.481 e. The van der Waals surface area contributed by atoms with Gasteiger partial charge in [0.25, 0.3) is 0 Å². The van der Waals surface area contributed by atoms with E-state index in [2.05, 4.69) is 15.9 Å². The highest BCUT2D eigenvalue weighted by Gasteiger charge is 2.34. The Bertz CT molecular complexity index is 641. The highest BCUT2D eigenvalue weighted by molar-refractivity contribution is 9.10. The van der Waals surface area contributed by atoms with Gasteiger partial charge in [-0.3, -0.25) is 4.79 Å². The third-order valence-corrected chi connectivity index (χ3v) is 4.11. The van der Waals surface area contributed by atoms with Gasteiger partial charge in [0.15, 0.2) is 0 Å². The molecule has 0 spiro atoms. The smallest absolute Gasteiger partial charge is 0.313 e. The summed E-state index contributed by atoms with van der Waals surface area (Å²) in [6.07, 6.45) is 0. The molecule has 1 N–H and O–H groups in total. The third kappa shape index (κ3) is 1.75. The Balaban J connectivity index is 2.88. The SMILES string of the molecule is Cc1c(C(C)(C)C(=O)O)c2ccc(Br)cc2n1C. The minimum Gasteiger partial charge on any atom is -0.481 e. The van der Waals surface area contributed by atoms with Crippen molar-refractivity contribution in [2.24, 2.45) is 7.05 Å². The van der Waals surface area contributed by atoms with Crippen LogP contribution < -0.4 is 0 Å². The Kier molecular flexibility index (Phi) is 3.01. The van der Waals surface area contributed by atoms with Crippen molar-refractivity contribution in [2.75, 3.05) is 0 Å². The number of carboxylic acid groups (broad SMARTS) is 1. The van der Waals surface area contributed by atoms with Crippen molar-refractivity contribution in [1.82, 2.24) is 4.57 Å². The van der Waals surface area contributed by atoms with Crippen LogP contribution in [0.1, 0.15) is 25.1 Å². The molecule has 1 aromatic carbocycles. The summed E-state index contributed by atoms with van der Waals surface area (Å²) in [6.45, 7) is 5.46. The van der Waals surface area contributed by atoms with Crippen LogP contribution in [0.4, 0.5) is 0 Å². The van der Waals surface area contributed by atoms with E-state index >= 15 is 0 Å². The predicted octanol–water partition coefficient (Wildman–Crippen LogP) is 3.61. The summed E-state index contributed by atoms with van der Waals surface area (Å²) in [5.41, 5.74) is 2.04. The minimum absolute atomic E-state index is 0.805. The molecule has 0 aliphatic heterocycles. The first-order valence-corrected chi connectivity index (χ1v) is 6.54. The van der Waals surface area contributed by atoms with Gasteiger partial charge in [0.05, 0.1) is 5.41 Å². The Morgan fingerprint density at radius 1 is 1.39 bits per heavy atom. The summed E-state index contributed by atoms with van der Waals surface area (Å²) in [7, 11) is 1.96. The highest BCUT2D eigenvalue weighted by Crippen LogP contribution is 2.36. The molecule has 0 fully saturated rings. The Labute approximate surface area is 115 Å². The molecule has 0 saturated heterocycles. The lowest BCUT2D eigenvalue weighted by atomic mass is 9.83. The van der Waals surface area contributed by atoms with Crippen LogP contribution in [0.15, 0.2) is 22.7 Å². The molecule has 0 radical (unpaired) electrons. The van der Waals surface area contributed by atoms with E-state index in [0.29, 0.717) is 0 Å². The number of carboxylic acids is 1. The van der Waals surface area contributed by atoms with Gasteiger partial charge in [0, 0.05) is 28.1 Å². The first-order chi connectivity index (χ1) is 8.26. The van der Waals surface area contributed by atoms with E-state index in [9.17, 15) is 9.90 Å². The van der Waals surface area contributed by atoms with Crippen LogP contribution in [0.2, 0.25) is 0 Å². The van der Waals surface area contributed by atoms with Crippen molar-refractivity contribution >= 4 is 32.8 Å². The topological polar surface area (TPSA) is 42.2 Å². The summed E-state index contributed by atoms with van der Waals surface area (Å²) in [4.78, 5) is 11.5. The minimum atomic E-state index is -0.891. The molecule has 1 aromatic heterocycles.